The second kappa shape index (κ2) is 6.36. The van der Waals surface area contributed by atoms with Crippen LogP contribution in [0.25, 0.3) is 0 Å². The Morgan fingerprint density at radius 1 is 1.26 bits per heavy atom. The number of carbonyl (C=O) groups is 2. The van der Waals surface area contributed by atoms with E-state index in [0.717, 1.165) is 32.2 Å². The second-order valence-corrected chi connectivity index (χ2v) is 4.88. The van der Waals surface area contributed by atoms with Crippen molar-refractivity contribution in [2.75, 3.05) is 6.54 Å². The van der Waals surface area contributed by atoms with Gasteiger partial charge in [-0.1, -0.05) is 25.1 Å². The highest BCUT2D eigenvalue weighted by Crippen LogP contribution is 2.19. The summed E-state index contributed by atoms with van der Waals surface area (Å²) in [5, 5.41) is 2.48. The van der Waals surface area contributed by atoms with Crippen LogP contribution in [0.5, 0.6) is 0 Å². The van der Waals surface area contributed by atoms with Crippen molar-refractivity contribution in [3.8, 4) is 0 Å². The molecule has 102 valence electrons. The molecule has 2 rings (SSSR count). The first kappa shape index (κ1) is 13.6. The van der Waals surface area contributed by atoms with E-state index >= 15 is 0 Å². The average Bonchev–Trinajstić information content (AvgIpc) is 2.48. The normalized spacial score (nSPS) is 19.0. The fourth-order valence-corrected chi connectivity index (χ4v) is 2.52. The number of likely N-dealkylation sites (tertiary alicyclic amines) is 1. The molecule has 1 aliphatic heterocycles. The van der Waals surface area contributed by atoms with Gasteiger partial charge in [0.2, 0.25) is 0 Å². The third-order valence-corrected chi connectivity index (χ3v) is 3.62. The molecule has 3 amide bonds. The van der Waals surface area contributed by atoms with Crippen molar-refractivity contribution in [1.29, 1.82) is 0 Å². The van der Waals surface area contributed by atoms with Crippen LogP contribution in [0.2, 0.25) is 0 Å². The molecule has 4 heteroatoms. The van der Waals surface area contributed by atoms with Gasteiger partial charge in [-0.15, -0.1) is 0 Å². The van der Waals surface area contributed by atoms with Gasteiger partial charge in [0.1, 0.15) is 0 Å². The zero-order valence-corrected chi connectivity index (χ0v) is 11.3. The predicted molar refractivity (Wildman–Crippen MR) is 73.9 cm³/mol. The second-order valence-electron chi connectivity index (χ2n) is 4.88. The maximum absolute atomic E-state index is 12.1. The summed E-state index contributed by atoms with van der Waals surface area (Å²) in [5.74, 6) is -0.328. The lowest BCUT2D eigenvalue weighted by Crippen LogP contribution is -2.49. The van der Waals surface area contributed by atoms with Gasteiger partial charge in [-0.05, 0) is 37.8 Å². The Morgan fingerprint density at radius 3 is 2.68 bits per heavy atom. The molecule has 0 aliphatic carbocycles. The molecule has 0 spiro atoms. The molecule has 1 N–H and O–H groups in total. The third-order valence-electron chi connectivity index (χ3n) is 3.62. The van der Waals surface area contributed by atoms with Crippen LogP contribution in [0.3, 0.4) is 0 Å². The molecule has 1 aromatic rings. The van der Waals surface area contributed by atoms with Crippen molar-refractivity contribution in [3.05, 3.63) is 35.9 Å². The number of benzene rings is 1. The molecule has 1 heterocycles. The van der Waals surface area contributed by atoms with Crippen molar-refractivity contribution in [2.24, 2.45) is 0 Å². The number of nitrogens with zero attached hydrogens (tertiary/aromatic N) is 1. The number of urea groups is 1. The number of carbonyl (C=O) groups excluding carboxylic acids is 2. The number of amides is 3. The Balaban J connectivity index is 1.98. The molecular weight excluding hydrogens is 240 g/mol. The zero-order chi connectivity index (χ0) is 13.7. The summed E-state index contributed by atoms with van der Waals surface area (Å²) in [5.41, 5.74) is 0.515. The van der Waals surface area contributed by atoms with Gasteiger partial charge in [0.05, 0.1) is 0 Å². The van der Waals surface area contributed by atoms with Gasteiger partial charge in [0, 0.05) is 18.2 Å². The number of imide groups is 1. The first-order chi connectivity index (χ1) is 9.22. The molecule has 1 fully saturated rings. The Bertz CT molecular complexity index is 445. The van der Waals surface area contributed by atoms with Crippen LogP contribution >= 0.6 is 0 Å². The SMILES string of the molecule is CC[C@@H]1CCCCN1C(=O)NC(=O)c1ccccc1. The molecular formula is C15H20N2O2. The van der Waals surface area contributed by atoms with Crippen molar-refractivity contribution >= 4 is 11.9 Å². The zero-order valence-electron chi connectivity index (χ0n) is 11.3. The fourth-order valence-electron chi connectivity index (χ4n) is 2.52. The summed E-state index contributed by atoms with van der Waals surface area (Å²) < 4.78 is 0. The van der Waals surface area contributed by atoms with Gasteiger partial charge in [0.15, 0.2) is 0 Å². The Labute approximate surface area is 113 Å². The lowest BCUT2D eigenvalue weighted by Gasteiger charge is -2.34. The van der Waals surface area contributed by atoms with Crippen LogP contribution in [0.1, 0.15) is 43.0 Å². The minimum Gasteiger partial charge on any atom is -0.321 e. The monoisotopic (exact) mass is 260 g/mol. The summed E-state index contributed by atoms with van der Waals surface area (Å²) >= 11 is 0. The molecule has 19 heavy (non-hydrogen) atoms. The number of piperidine rings is 1. The summed E-state index contributed by atoms with van der Waals surface area (Å²) in [7, 11) is 0. The Kier molecular flexibility index (Phi) is 4.55. The lowest BCUT2D eigenvalue weighted by molar-refractivity contribution is 0.0933. The smallest absolute Gasteiger partial charge is 0.321 e. The average molecular weight is 260 g/mol. The number of rotatable bonds is 2. The van der Waals surface area contributed by atoms with E-state index in [1.807, 2.05) is 6.07 Å². The third kappa shape index (κ3) is 3.34. The first-order valence-electron chi connectivity index (χ1n) is 6.89. The van der Waals surface area contributed by atoms with E-state index in [4.69, 9.17) is 0 Å². The minimum atomic E-state index is -0.328. The Morgan fingerprint density at radius 2 is 2.00 bits per heavy atom. The van der Waals surface area contributed by atoms with Crippen LogP contribution in [0, 0.1) is 0 Å². The van der Waals surface area contributed by atoms with E-state index in [2.05, 4.69) is 12.2 Å². The molecule has 0 bridgehead atoms. The first-order valence-corrected chi connectivity index (χ1v) is 6.89. The van der Waals surface area contributed by atoms with Gasteiger partial charge in [0.25, 0.3) is 5.91 Å². The maximum Gasteiger partial charge on any atom is 0.324 e. The van der Waals surface area contributed by atoms with Gasteiger partial charge in [-0.25, -0.2) is 4.79 Å². The maximum atomic E-state index is 12.1. The van der Waals surface area contributed by atoms with E-state index in [1.54, 1.807) is 29.2 Å². The number of hydrogen-bond donors (Lipinski definition) is 1. The van der Waals surface area contributed by atoms with Crippen LogP contribution < -0.4 is 5.32 Å². The van der Waals surface area contributed by atoms with Crippen LogP contribution in [-0.4, -0.2) is 29.4 Å². The quantitative estimate of drug-likeness (QED) is 0.889. The van der Waals surface area contributed by atoms with E-state index < -0.39 is 0 Å². The molecule has 1 aliphatic rings. The molecule has 0 aromatic heterocycles. The van der Waals surface area contributed by atoms with E-state index in [0.29, 0.717) is 5.56 Å². The highest BCUT2D eigenvalue weighted by Gasteiger charge is 2.26. The standard InChI is InChI=1S/C15H20N2O2/c1-2-13-10-6-7-11-17(13)15(19)16-14(18)12-8-4-3-5-9-12/h3-5,8-9,13H,2,6-7,10-11H2,1H3,(H,16,18,19)/t13-/m1/s1. The summed E-state index contributed by atoms with van der Waals surface area (Å²) in [6, 6.07) is 8.82. The van der Waals surface area contributed by atoms with Gasteiger partial charge in [-0.2, -0.15) is 0 Å². The summed E-state index contributed by atoms with van der Waals surface area (Å²) in [6.07, 6.45) is 4.15. The molecule has 0 unspecified atom stereocenters. The highest BCUT2D eigenvalue weighted by molar-refractivity contribution is 6.04. The van der Waals surface area contributed by atoms with E-state index in [1.165, 1.54) is 0 Å². The van der Waals surface area contributed by atoms with E-state index in [-0.39, 0.29) is 18.0 Å². The molecule has 1 atom stereocenters. The minimum absolute atomic E-state index is 0.261. The van der Waals surface area contributed by atoms with E-state index in [9.17, 15) is 9.59 Å². The van der Waals surface area contributed by atoms with Gasteiger partial charge in [-0.3, -0.25) is 10.1 Å². The van der Waals surface area contributed by atoms with Crippen LogP contribution in [0.4, 0.5) is 4.79 Å². The lowest BCUT2D eigenvalue weighted by atomic mass is 10.0. The van der Waals surface area contributed by atoms with Gasteiger partial charge >= 0.3 is 6.03 Å². The summed E-state index contributed by atoms with van der Waals surface area (Å²) in [6.45, 7) is 2.82. The molecule has 4 nitrogen and oxygen atoms in total. The largest absolute Gasteiger partial charge is 0.324 e. The molecule has 1 saturated heterocycles. The van der Waals surface area contributed by atoms with Gasteiger partial charge < -0.3 is 4.90 Å². The predicted octanol–water partition coefficient (Wildman–Crippen LogP) is 2.80. The van der Waals surface area contributed by atoms with Crippen molar-refractivity contribution < 1.29 is 9.59 Å². The van der Waals surface area contributed by atoms with Crippen LogP contribution in [0.15, 0.2) is 30.3 Å². The molecule has 0 saturated carbocycles. The fraction of sp³-hybridized carbons (Fsp3) is 0.467. The molecule has 0 radical (unpaired) electrons. The van der Waals surface area contributed by atoms with Crippen molar-refractivity contribution in [1.82, 2.24) is 10.2 Å². The van der Waals surface area contributed by atoms with Crippen LogP contribution in [-0.2, 0) is 0 Å². The Hall–Kier alpha value is -1.84. The van der Waals surface area contributed by atoms with Crippen molar-refractivity contribution in [3.63, 3.8) is 0 Å². The summed E-state index contributed by atoms with van der Waals surface area (Å²) in [4.78, 5) is 25.9. The number of nitrogens with one attached hydrogen (secondary N) is 1. The highest BCUT2D eigenvalue weighted by atomic mass is 16.2. The number of hydrogen-bond acceptors (Lipinski definition) is 2. The molecule has 1 aromatic carbocycles. The topological polar surface area (TPSA) is 49.4 Å². The van der Waals surface area contributed by atoms with Crippen molar-refractivity contribution in [2.45, 2.75) is 38.6 Å².